The van der Waals surface area contributed by atoms with Gasteiger partial charge in [-0.15, -0.1) is 10.2 Å². The molecule has 4 rings (SSSR count). The first-order valence-electron chi connectivity index (χ1n) is 8.63. The highest BCUT2D eigenvalue weighted by Gasteiger charge is 2.53. The highest BCUT2D eigenvalue weighted by Crippen LogP contribution is 2.50. The summed E-state index contributed by atoms with van der Waals surface area (Å²) >= 11 is 0. The van der Waals surface area contributed by atoms with Crippen LogP contribution in [0.15, 0.2) is 22.6 Å². The van der Waals surface area contributed by atoms with Crippen LogP contribution >= 0.6 is 0 Å². The van der Waals surface area contributed by atoms with E-state index in [-0.39, 0.29) is 5.41 Å². The van der Waals surface area contributed by atoms with E-state index in [4.69, 9.17) is 9.68 Å². The van der Waals surface area contributed by atoms with Gasteiger partial charge in [-0.2, -0.15) is 5.26 Å². The van der Waals surface area contributed by atoms with Gasteiger partial charge >= 0.3 is 0 Å². The zero-order valence-electron chi connectivity index (χ0n) is 14.2. The lowest BCUT2D eigenvalue weighted by Crippen LogP contribution is -2.32. The lowest BCUT2D eigenvalue weighted by atomic mass is 9.80. The second-order valence-corrected chi connectivity index (χ2v) is 7.29. The van der Waals surface area contributed by atoms with Crippen molar-refractivity contribution in [2.45, 2.75) is 45.1 Å². The Morgan fingerprint density at radius 3 is 2.96 bits per heavy atom. The molecule has 0 amide bonds. The molecule has 0 radical (unpaired) electrons. The number of hydrogen-bond donors (Lipinski definition) is 0. The summed E-state index contributed by atoms with van der Waals surface area (Å²) in [5, 5.41) is 17.5. The summed E-state index contributed by atoms with van der Waals surface area (Å²) in [6.07, 6.45) is 3.63. The van der Waals surface area contributed by atoms with Crippen LogP contribution in [0.3, 0.4) is 0 Å². The van der Waals surface area contributed by atoms with Gasteiger partial charge < -0.3 is 4.42 Å². The lowest BCUT2D eigenvalue weighted by molar-refractivity contribution is 0.265. The van der Waals surface area contributed by atoms with E-state index in [9.17, 15) is 0 Å². The van der Waals surface area contributed by atoms with E-state index >= 15 is 0 Å². The predicted octanol–water partition coefficient (Wildman–Crippen LogP) is 3.11. The van der Waals surface area contributed by atoms with Gasteiger partial charge in [0.1, 0.15) is 0 Å². The normalized spacial score (nSPS) is 26.5. The van der Waals surface area contributed by atoms with E-state index in [0.717, 1.165) is 37.5 Å². The summed E-state index contributed by atoms with van der Waals surface area (Å²) in [7, 11) is 0. The van der Waals surface area contributed by atoms with Gasteiger partial charge in [0.05, 0.1) is 17.0 Å². The molecule has 1 saturated heterocycles. The van der Waals surface area contributed by atoms with Crippen LogP contribution in [0.2, 0.25) is 0 Å². The number of aromatic nitrogens is 2. The lowest BCUT2D eigenvalue weighted by Gasteiger charge is -2.24. The predicted molar refractivity (Wildman–Crippen MR) is 89.2 cm³/mol. The van der Waals surface area contributed by atoms with Crippen molar-refractivity contribution in [2.24, 2.45) is 5.92 Å². The van der Waals surface area contributed by atoms with Crippen LogP contribution in [0.1, 0.15) is 47.7 Å². The third kappa shape index (κ3) is 2.42. The number of likely N-dealkylation sites (tertiary alicyclic amines) is 1. The number of nitrogens with zero attached hydrogens (tertiary/aromatic N) is 4. The molecule has 1 aromatic carbocycles. The van der Waals surface area contributed by atoms with Crippen molar-refractivity contribution in [3.63, 3.8) is 0 Å². The molecule has 5 nitrogen and oxygen atoms in total. The third-order valence-electron chi connectivity index (χ3n) is 5.76. The van der Waals surface area contributed by atoms with Crippen molar-refractivity contribution >= 4 is 0 Å². The fraction of sp³-hybridized carbons (Fsp3) is 0.526. The molecular formula is C19H22N4O. The van der Waals surface area contributed by atoms with Crippen LogP contribution < -0.4 is 0 Å². The second kappa shape index (κ2) is 5.71. The van der Waals surface area contributed by atoms with Gasteiger partial charge in [0.25, 0.3) is 0 Å². The van der Waals surface area contributed by atoms with Crippen LogP contribution in [0, 0.1) is 31.1 Å². The van der Waals surface area contributed by atoms with Gasteiger partial charge in [0.15, 0.2) is 0 Å². The SMILES string of the molecule is Cc1nnc([C@]23CCC[C@H]2CN(Cc2ccc(C#N)cc2C)C3)o1. The Labute approximate surface area is 142 Å². The van der Waals surface area contributed by atoms with Gasteiger partial charge in [-0.3, -0.25) is 4.90 Å². The van der Waals surface area contributed by atoms with Gasteiger partial charge in [-0.05, 0) is 48.9 Å². The molecule has 1 aromatic heterocycles. The molecule has 2 aliphatic rings. The van der Waals surface area contributed by atoms with E-state index in [1.165, 1.54) is 24.0 Å². The molecule has 5 heteroatoms. The van der Waals surface area contributed by atoms with Crippen molar-refractivity contribution in [1.82, 2.24) is 15.1 Å². The summed E-state index contributed by atoms with van der Waals surface area (Å²) in [6.45, 7) is 6.94. The molecule has 2 atom stereocenters. The van der Waals surface area contributed by atoms with Crippen LogP contribution in [0.4, 0.5) is 0 Å². The number of benzene rings is 1. The van der Waals surface area contributed by atoms with Crippen molar-refractivity contribution < 1.29 is 4.42 Å². The van der Waals surface area contributed by atoms with E-state index in [1.54, 1.807) is 0 Å². The Kier molecular flexibility index (Phi) is 3.65. The Bertz CT molecular complexity index is 806. The smallest absolute Gasteiger partial charge is 0.224 e. The second-order valence-electron chi connectivity index (χ2n) is 7.29. The molecule has 0 bridgehead atoms. The van der Waals surface area contributed by atoms with Gasteiger partial charge in [0, 0.05) is 26.6 Å². The van der Waals surface area contributed by atoms with Crippen molar-refractivity contribution in [3.8, 4) is 6.07 Å². The molecule has 2 fully saturated rings. The number of aryl methyl sites for hydroxylation is 2. The zero-order chi connectivity index (χ0) is 16.7. The summed E-state index contributed by atoms with van der Waals surface area (Å²) in [5.74, 6) is 2.10. The molecule has 1 aliphatic carbocycles. The molecule has 1 saturated carbocycles. The monoisotopic (exact) mass is 322 g/mol. The van der Waals surface area contributed by atoms with E-state index in [1.807, 2.05) is 19.1 Å². The maximum Gasteiger partial charge on any atom is 0.224 e. The van der Waals surface area contributed by atoms with E-state index < -0.39 is 0 Å². The van der Waals surface area contributed by atoms with Gasteiger partial charge in [0.2, 0.25) is 11.8 Å². The molecule has 1 aliphatic heterocycles. The van der Waals surface area contributed by atoms with Crippen LogP contribution in [0.25, 0.3) is 0 Å². The first kappa shape index (κ1) is 15.3. The molecule has 0 N–H and O–H groups in total. The van der Waals surface area contributed by atoms with Crippen molar-refractivity contribution in [2.75, 3.05) is 13.1 Å². The summed E-state index contributed by atoms with van der Waals surface area (Å²) in [5.41, 5.74) is 3.26. The molecule has 24 heavy (non-hydrogen) atoms. The average Bonchev–Trinajstić information content (AvgIpc) is 3.23. The number of nitriles is 1. The van der Waals surface area contributed by atoms with Gasteiger partial charge in [-0.1, -0.05) is 12.5 Å². The van der Waals surface area contributed by atoms with Crippen molar-refractivity contribution in [1.29, 1.82) is 5.26 Å². The number of rotatable bonds is 3. The molecule has 124 valence electrons. The maximum absolute atomic E-state index is 9.02. The fourth-order valence-electron chi connectivity index (χ4n) is 4.54. The largest absolute Gasteiger partial charge is 0.425 e. The molecule has 0 spiro atoms. The van der Waals surface area contributed by atoms with Crippen LogP contribution in [-0.2, 0) is 12.0 Å². The summed E-state index contributed by atoms with van der Waals surface area (Å²) in [4.78, 5) is 2.51. The fourth-order valence-corrected chi connectivity index (χ4v) is 4.54. The molecule has 2 heterocycles. The Morgan fingerprint density at radius 2 is 2.25 bits per heavy atom. The minimum atomic E-state index is 0.0434. The topological polar surface area (TPSA) is 66.0 Å². The van der Waals surface area contributed by atoms with Gasteiger partial charge in [-0.25, -0.2) is 0 Å². The first-order chi connectivity index (χ1) is 11.6. The molecule has 2 aromatic rings. The minimum Gasteiger partial charge on any atom is -0.425 e. The Morgan fingerprint density at radius 1 is 1.38 bits per heavy atom. The molecular weight excluding hydrogens is 300 g/mol. The third-order valence-corrected chi connectivity index (χ3v) is 5.76. The minimum absolute atomic E-state index is 0.0434. The van der Waals surface area contributed by atoms with Crippen molar-refractivity contribution in [3.05, 3.63) is 46.7 Å². The number of fused-ring (bicyclic) bond motifs is 1. The quantitative estimate of drug-likeness (QED) is 0.868. The highest BCUT2D eigenvalue weighted by atomic mass is 16.4. The van der Waals surface area contributed by atoms with E-state index in [0.29, 0.717) is 11.8 Å². The standard InChI is InChI=1S/C19H22N4O/c1-13-8-15(9-20)5-6-16(13)10-23-11-17-4-3-7-19(17,12-23)18-22-21-14(2)24-18/h5-6,8,17H,3-4,7,10-12H2,1-2H3/t17-,19-/m0/s1. The number of hydrogen-bond acceptors (Lipinski definition) is 5. The average molecular weight is 322 g/mol. The zero-order valence-corrected chi connectivity index (χ0v) is 14.2. The summed E-state index contributed by atoms with van der Waals surface area (Å²) in [6, 6.07) is 8.19. The van der Waals surface area contributed by atoms with Crippen LogP contribution in [0.5, 0.6) is 0 Å². The maximum atomic E-state index is 9.02. The molecule has 0 unspecified atom stereocenters. The van der Waals surface area contributed by atoms with E-state index in [2.05, 4.69) is 34.2 Å². The summed E-state index contributed by atoms with van der Waals surface area (Å²) < 4.78 is 5.84. The Hall–Kier alpha value is -2.19. The highest BCUT2D eigenvalue weighted by molar-refractivity contribution is 5.37. The first-order valence-corrected chi connectivity index (χ1v) is 8.63. The Balaban J connectivity index is 1.56. The van der Waals surface area contributed by atoms with Crippen LogP contribution in [-0.4, -0.2) is 28.2 Å².